The van der Waals surface area contributed by atoms with Crippen LogP contribution in [0.3, 0.4) is 0 Å². The number of aromatic carboxylic acids is 1. The Morgan fingerprint density at radius 3 is 2.58 bits per heavy atom. The number of carboxylic acid groups (broad SMARTS) is 1. The average Bonchev–Trinajstić information content (AvgIpc) is 2.71. The topological polar surface area (TPSA) is 62.2 Å². The maximum Gasteiger partial charge on any atom is 0.347 e. The Morgan fingerprint density at radius 2 is 2.05 bits per heavy atom. The lowest BCUT2D eigenvalue weighted by Crippen LogP contribution is -2.06. The van der Waals surface area contributed by atoms with E-state index < -0.39 is 5.97 Å². The Labute approximate surface area is 123 Å². The minimum absolute atomic E-state index is 0.0697. The molecule has 0 saturated heterocycles. The lowest BCUT2D eigenvalue weighted by molar-refractivity contribution is 0.0701. The molecule has 6 heteroatoms. The lowest BCUT2D eigenvalue weighted by Gasteiger charge is -2.13. The zero-order chi connectivity index (χ0) is 14.0. The number of benzene rings is 1. The van der Waals surface area contributed by atoms with Gasteiger partial charge in [-0.3, -0.25) is 0 Å². The van der Waals surface area contributed by atoms with E-state index in [-0.39, 0.29) is 10.9 Å². The van der Waals surface area contributed by atoms with Crippen LogP contribution in [0, 0.1) is 6.92 Å². The summed E-state index contributed by atoms with van der Waals surface area (Å²) < 4.78 is 1.03. The van der Waals surface area contributed by atoms with Crippen molar-refractivity contribution in [1.29, 1.82) is 0 Å². The van der Waals surface area contributed by atoms with Gasteiger partial charge in [0.2, 0.25) is 0 Å². The number of anilines is 1. The van der Waals surface area contributed by atoms with Crippen LogP contribution in [0.2, 0.25) is 0 Å². The number of halogens is 1. The van der Waals surface area contributed by atoms with E-state index in [9.17, 15) is 4.79 Å². The van der Waals surface area contributed by atoms with Gasteiger partial charge < -0.3 is 10.4 Å². The van der Waals surface area contributed by atoms with Crippen LogP contribution >= 0.6 is 27.3 Å². The van der Waals surface area contributed by atoms with E-state index in [1.165, 1.54) is 0 Å². The number of rotatable bonds is 4. The SMILES string of the molecule is Cc1nc(NC(C)c2ccc(Br)cc2)sc1C(=O)O. The van der Waals surface area contributed by atoms with Gasteiger partial charge in [-0.15, -0.1) is 0 Å². The van der Waals surface area contributed by atoms with Crippen LogP contribution in [-0.4, -0.2) is 16.1 Å². The quantitative estimate of drug-likeness (QED) is 0.879. The van der Waals surface area contributed by atoms with Crippen LogP contribution in [-0.2, 0) is 0 Å². The van der Waals surface area contributed by atoms with E-state index in [2.05, 4.69) is 26.2 Å². The van der Waals surface area contributed by atoms with E-state index in [1.54, 1.807) is 6.92 Å². The maximum atomic E-state index is 11.0. The van der Waals surface area contributed by atoms with Crippen molar-refractivity contribution in [3.8, 4) is 0 Å². The third-order valence-electron chi connectivity index (χ3n) is 2.70. The van der Waals surface area contributed by atoms with E-state index >= 15 is 0 Å². The Hall–Kier alpha value is -1.40. The molecule has 19 heavy (non-hydrogen) atoms. The van der Waals surface area contributed by atoms with Crippen LogP contribution < -0.4 is 5.32 Å². The number of hydrogen-bond acceptors (Lipinski definition) is 4. The van der Waals surface area contributed by atoms with Gasteiger partial charge in [0.05, 0.1) is 11.7 Å². The van der Waals surface area contributed by atoms with Gasteiger partial charge >= 0.3 is 5.97 Å². The standard InChI is InChI=1S/C13H13BrN2O2S/c1-7(9-3-5-10(14)6-4-9)15-13-16-8(2)11(19-13)12(17)18/h3-7H,1-2H3,(H,15,16)(H,17,18). The van der Waals surface area contributed by atoms with E-state index in [0.717, 1.165) is 21.4 Å². The molecule has 1 unspecified atom stereocenters. The zero-order valence-electron chi connectivity index (χ0n) is 10.5. The summed E-state index contributed by atoms with van der Waals surface area (Å²) in [6, 6.07) is 8.05. The van der Waals surface area contributed by atoms with Gasteiger partial charge in [-0.05, 0) is 31.5 Å². The second kappa shape index (κ2) is 5.71. The van der Waals surface area contributed by atoms with Gasteiger partial charge in [0.1, 0.15) is 4.88 Å². The van der Waals surface area contributed by atoms with Crippen molar-refractivity contribution in [2.45, 2.75) is 19.9 Å². The number of aryl methyl sites for hydroxylation is 1. The molecular formula is C13H13BrN2O2S. The highest BCUT2D eigenvalue weighted by Crippen LogP contribution is 2.26. The molecule has 1 atom stereocenters. The first-order valence-electron chi connectivity index (χ1n) is 5.70. The summed E-state index contributed by atoms with van der Waals surface area (Å²) in [5.74, 6) is -0.931. The van der Waals surface area contributed by atoms with Crippen LogP contribution in [0.4, 0.5) is 5.13 Å². The molecule has 100 valence electrons. The maximum absolute atomic E-state index is 11.0. The van der Waals surface area contributed by atoms with Gasteiger partial charge in [0, 0.05) is 4.47 Å². The van der Waals surface area contributed by atoms with Crippen LogP contribution in [0.5, 0.6) is 0 Å². The van der Waals surface area contributed by atoms with Gasteiger partial charge in [-0.25, -0.2) is 9.78 Å². The molecule has 1 aromatic carbocycles. The summed E-state index contributed by atoms with van der Waals surface area (Å²) in [5, 5.41) is 12.9. The molecule has 1 aromatic heterocycles. The summed E-state index contributed by atoms with van der Waals surface area (Å²) in [7, 11) is 0. The van der Waals surface area contributed by atoms with Gasteiger partial charge in [0.25, 0.3) is 0 Å². The predicted molar refractivity (Wildman–Crippen MR) is 80.0 cm³/mol. The Bertz CT molecular complexity index is 595. The number of carboxylic acids is 1. The molecular weight excluding hydrogens is 328 g/mol. The molecule has 0 aliphatic heterocycles. The molecule has 0 aliphatic carbocycles. The average molecular weight is 341 g/mol. The highest BCUT2D eigenvalue weighted by atomic mass is 79.9. The molecule has 2 aromatic rings. The highest BCUT2D eigenvalue weighted by Gasteiger charge is 2.15. The molecule has 0 radical (unpaired) electrons. The molecule has 1 heterocycles. The number of hydrogen-bond donors (Lipinski definition) is 2. The van der Waals surface area contributed by atoms with Crippen molar-refractivity contribution in [3.05, 3.63) is 44.9 Å². The highest BCUT2D eigenvalue weighted by molar-refractivity contribution is 9.10. The fourth-order valence-corrected chi connectivity index (χ4v) is 2.83. The predicted octanol–water partition coefficient (Wildman–Crippen LogP) is 4.09. The smallest absolute Gasteiger partial charge is 0.347 e. The minimum atomic E-state index is -0.931. The third-order valence-corrected chi connectivity index (χ3v) is 4.31. The monoisotopic (exact) mass is 340 g/mol. The number of carbonyl (C=O) groups is 1. The first kappa shape index (κ1) is 14.0. The van der Waals surface area contributed by atoms with Crippen molar-refractivity contribution >= 4 is 38.4 Å². The van der Waals surface area contributed by atoms with Gasteiger partial charge in [0.15, 0.2) is 5.13 Å². The number of thiazole rings is 1. The Kier molecular flexibility index (Phi) is 4.21. The van der Waals surface area contributed by atoms with Crippen molar-refractivity contribution in [2.75, 3.05) is 5.32 Å². The second-order valence-electron chi connectivity index (χ2n) is 4.16. The molecule has 0 saturated carbocycles. The molecule has 0 fully saturated rings. The number of nitrogens with zero attached hydrogens (tertiary/aromatic N) is 1. The van der Waals surface area contributed by atoms with Gasteiger partial charge in [-0.1, -0.05) is 39.4 Å². The van der Waals surface area contributed by atoms with Crippen molar-refractivity contribution in [2.24, 2.45) is 0 Å². The third kappa shape index (κ3) is 3.33. The molecule has 0 aliphatic rings. The van der Waals surface area contributed by atoms with E-state index in [1.807, 2.05) is 31.2 Å². The molecule has 0 bridgehead atoms. The molecule has 4 nitrogen and oxygen atoms in total. The fraction of sp³-hybridized carbons (Fsp3) is 0.231. The number of aromatic nitrogens is 1. The molecule has 0 amide bonds. The van der Waals surface area contributed by atoms with Crippen molar-refractivity contribution in [3.63, 3.8) is 0 Å². The second-order valence-corrected chi connectivity index (χ2v) is 6.07. The summed E-state index contributed by atoms with van der Waals surface area (Å²) >= 11 is 4.56. The van der Waals surface area contributed by atoms with Crippen LogP contribution in [0.25, 0.3) is 0 Å². The molecule has 0 spiro atoms. The van der Waals surface area contributed by atoms with Crippen LogP contribution in [0.1, 0.15) is 33.9 Å². The van der Waals surface area contributed by atoms with E-state index in [0.29, 0.717) is 10.8 Å². The normalized spacial score (nSPS) is 12.2. The Balaban J connectivity index is 2.14. The molecule has 2 N–H and O–H groups in total. The van der Waals surface area contributed by atoms with Crippen molar-refractivity contribution < 1.29 is 9.90 Å². The molecule has 2 rings (SSSR count). The first-order valence-corrected chi connectivity index (χ1v) is 7.31. The summed E-state index contributed by atoms with van der Waals surface area (Å²) in [5.41, 5.74) is 1.66. The minimum Gasteiger partial charge on any atom is -0.477 e. The number of nitrogens with one attached hydrogen (secondary N) is 1. The summed E-state index contributed by atoms with van der Waals surface area (Å²) in [6.45, 7) is 3.72. The summed E-state index contributed by atoms with van der Waals surface area (Å²) in [6.07, 6.45) is 0. The van der Waals surface area contributed by atoms with E-state index in [4.69, 9.17) is 5.11 Å². The largest absolute Gasteiger partial charge is 0.477 e. The zero-order valence-corrected chi connectivity index (χ0v) is 12.9. The van der Waals surface area contributed by atoms with Crippen molar-refractivity contribution in [1.82, 2.24) is 4.98 Å². The lowest BCUT2D eigenvalue weighted by atomic mass is 10.1. The Morgan fingerprint density at radius 1 is 1.42 bits per heavy atom. The first-order chi connectivity index (χ1) is 8.97. The van der Waals surface area contributed by atoms with Gasteiger partial charge in [-0.2, -0.15) is 0 Å². The summed E-state index contributed by atoms with van der Waals surface area (Å²) in [4.78, 5) is 15.5. The fourth-order valence-electron chi connectivity index (χ4n) is 1.68. The van der Waals surface area contributed by atoms with Crippen LogP contribution in [0.15, 0.2) is 28.7 Å².